The number of piperidine rings is 1. The van der Waals surface area contributed by atoms with Gasteiger partial charge in [-0.25, -0.2) is 0 Å². The summed E-state index contributed by atoms with van der Waals surface area (Å²) in [5.74, 6) is 0.0262. The number of amides is 1. The van der Waals surface area contributed by atoms with Crippen molar-refractivity contribution >= 4 is 17.3 Å². The van der Waals surface area contributed by atoms with Crippen LogP contribution in [0.2, 0.25) is 0 Å². The van der Waals surface area contributed by atoms with Gasteiger partial charge in [0.15, 0.2) is 0 Å². The molecule has 19 heavy (non-hydrogen) atoms. The van der Waals surface area contributed by atoms with E-state index in [9.17, 15) is 4.79 Å². The summed E-state index contributed by atoms with van der Waals surface area (Å²) in [6.45, 7) is 3.68. The van der Waals surface area contributed by atoms with Gasteiger partial charge in [0, 0.05) is 6.04 Å². The number of carbonyl (C=O) groups excluding carboxylic acids is 1. The lowest BCUT2D eigenvalue weighted by atomic mass is 10.00. The first-order valence-corrected chi connectivity index (χ1v) is 7.09. The van der Waals surface area contributed by atoms with Crippen LogP contribution in [0.25, 0.3) is 0 Å². The molecule has 4 heteroatoms. The maximum absolute atomic E-state index is 12.1. The zero-order valence-corrected chi connectivity index (χ0v) is 11.6. The second-order valence-electron chi connectivity index (χ2n) is 5.16. The third-order valence-corrected chi connectivity index (χ3v) is 3.80. The molecule has 1 saturated heterocycles. The number of benzene rings is 1. The third-order valence-electron chi connectivity index (χ3n) is 3.80. The lowest BCUT2D eigenvalue weighted by Crippen LogP contribution is -2.43. The number of nitrogens with two attached hydrogens (primary N) is 1. The van der Waals surface area contributed by atoms with E-state index in [-0.39, 0.29) is 5.91 Å². The molecular weight excluding hydrogens is 238 g/mol. The van der Waals surface area contributed by atoms with Crippen molar-refractivity contribution in [1.82, 2.24) is 4.90 Å². The van der Waals surface area contributed by atoms with Crippen molar-refractivity contribution < 1.29 is 4.79 Å². The van der Waals surface area contributed by atoms with E-state index in [1.54, 1.807) is 6.07 Å². The van der Waals surface area contributed by atoms with Gasteiger partial charge in [0.1, 0.15) is 0 Å². The van der Waals surface area contributed by atoms with Crippen LogP contribution in [0.5, 0.6) is 0 Å². The summed E-state index contributed by atoms with van der Waals surface area (Å²) in [7, 11) is 0. The van der Waals surface area contributed by atoms with Crippen molar-refractivity contribution in [3.05, 3.63) is 24.3 Å². The Kier molecular flexibility index (Phi) is 4.80. The van der Waals surface area contributed by atoms with E-state index in [4.69, 9.17) is 5.73 Å². The Labute approximate surface area is 115 Å². The quantitative estimate of drug-likeness (QED) is 0.819. The predicted octanol–water partition coefficient (Wildman–Crippen LogP) is 2.47. The van der Waals surface area contributed by atoms with Gasteiger partial charge in [0.25, 0.3) is 0 Å². The summed E-state index contributed by atoms with van der Waals surface area (Å²) in [6, 6.07) is 7.92. The Morgan fingerprint density at radius 3 is 2.95 bits per heavy atom. The highest BCUT2D eigenvalue weighted by Gasteiger charge is 2.22. The highest BCUT2D eigenvalue weighted by atomic mass is 16.2. The summed E-state index contributed by atoms with van der Waals surface area (Å²) in [4.78, 5) is 14.4. The smallest absolute Gasteiger partial charge is 0.238 e. The Morgan fingerprint density at radius 1 is 1.42 bits per heavy atom. The fourth-order valence-electron chi connectivity index (χ4n) is 2.72. The second-order valence-corrected chi connectivity index (χ2v) is 5.16. The molecule has 0 saturated carbocycles. The van der Waals surface area contributed by atoms with Crippen molar-refractivity contribution in [2.75, 3.05) is 24.1 Å². The van der Waals surface area contributed by atoms with E-state index in [1.165, 1.54) is 19.3 Å². The van der Waals surface area contributed by atoms with E-state index in [0.717, 1.165) is 13.0 Å². The lowest BCUT2D eigenvalue weighted by Gasteiger charge is -2.34. The van der Waals surface area contributed by atoms with Gasteiger partial charge in [-0.15, -0.1) is 0 Å². The molecule has 0 spiro atoms. The zero-order chi connectivity index (χ0) is 13.7. The molecule has 1 atom stereocenters. The SMILES string of the molecule is CCC1CCCCN1CC(=O)Nc1ccccc1N. The van der Waals surface area contributed by atoms with Gasteiger partial charge in [-0.2, -0.15) is 0 Å². The van der Waals surface area contributed by atoms with Crippen LogP contribution in [0.1, 0.15) is 32.6 Å². The molecule has 1 aliphatic heterocycles. The number of rotatable bonds is 4. The van der Waals surface area contributed by atoms with E-state index in [0.29, 0.717) is 24.0 Å². The first-order chi connectivity index (χ1) is 9.20. The molecule has 1 amide bonds. The Hall–Kier alpha value is -1.55. The number of nitrogens with zero attached hydrogens (tertiary/aromatic N) is 1. The van der Waals surface area contributed by atoms with E-state index in [1.807, 2.05) is 18.2 Å². The average molecular weight is 261 g/mol. The maximum atomic E-state index is 12.1. The normalized spacial score (nSPS) is 20.2. The summed E-state index contributed by atoms with van der Waals surface area (Å²) < 4.78 is 0. The Morgan fingerprint density at radius 2 is 2.21 bits per heavy atom. The number of hydrogen-bond acceptors (Lipinski definition) is 3. The molecule has 1 unspecified atom stereocenters. The molecule has 1 aromatic rings. The second kappa shape index (κ2) is 6.57. The van der Waals surface area contributed by atoms with Crippen LogP contribution in [0, 0.1) is 0 Å². The standard InChI is InChI=1S/C15H23N3O/c1-2-12-7-5-6-10-18(12)11-15(19)17-14-9-4-3-8-13(14)16/h3-4,8-9,12H,2,5-7,10-11,16H2,1H3,(H,17,19). The molecular formula is C15H23N3O. The van der Waals surface area contributed by atoms with Crippen LogP contribution in [0.3, 0.4) is 0 Å². The van der Waals surface area contributed by atoms with Crippen LogP contribution in [0.15, 0.2) is 24.3 Å². The van der Waals surface area contributed by atoms with Gasteiger partial charge < -0.3 is 11.1 Å². The monoisotopic (exact) mass is 261 g/mol. The number of likely N-dealkylation sites (tertiary alicyclic amines) is 1. The molecule has 1 aliphatic rings. The van der Waals surface area contributed by atoms with Crippen LogP contribution < -0.4 is 11.1 Å². The minimum atomic E-state index is 0.0262. The number of nitrogen functional groups attached to an aromatic ring is 1. The van der Waals surface area contributed by atoms with Gasteiger partial charge in [-0.05, 0) is 37.9 Å². The molecule has 1 aromatic carbocycles. The Balaban J connectivity index is 1.92. The Bertz CT molecular complexity index is 433. The predicted molar refractivity (Wildman–Crippen MR) is 79.0 cm³/mol. The van der Waals surface area contributed by atoms with Crippen LogP contribution in [-0.4, -0.2) is 29.9 Å². The molecule has 1 fully saturated rings. The summed E-state index contributed by atoms with van der Waals surface area (Å²) >= 11 is 0. The van der Waals surface area contributed by atoms with Crippen molar-refractivity contribution in [2.45, 2.75) is 38.6 Å². The largest absolute Gasteiger partial charge is 0.397 e. The third kappa shape index (κ3) is 3.70. The fourth-order valence-corrected chi connectivity index (χ4v) is 2.72. The molecule has 3 N–H and O–H groups in total. The minimum absolute atomic E-state index is 0.0262. The lowest BCUT2D eigenvalue weighted by molar-refractivity contribution is -0.118. The first-order valence-electron chi connectivity index (χ1n) is 7.09. The van der Waals surface area contributed by atoms with E-state index in [2.05, 4.69) is 17.1 Å². The molecule has 2 rings (SSSR count). The zero-order valence-electron chi connectivity index (χ0n) is 11.6. The molecule has 104 valence electrons. The van der Waals surface area contributed by atoms with Crippen LogP contribution in [0.4, 0.5) is 11.4 Å². The van der Waals surface area contributed by atoms with E-state index < -0.39 is 0 Å². The topological polar surface area (TPSA) is 58.4 Å². The van der Waals surface area contributed by atoms with Crippen LogP contribution in [-0.2, 0) is 4.79 Å². The fraction of sp³-hybridized carbons (Fsp3) is 0.533. The van der Waals surface area contributed by atoms with Crippen molar-refractivity contribution in [1.29, 1.82) is 0 Å². The molecule has 0 aliphatic carbocycles. The van der Waals surface area contributed by atoms with E-state index >= 15 is 0 Å². The number of nitrogens with one attached hydrogen (secondary N) is 1. The minimum Gasteiger partial charge on any atom is -0.397 e. The van der Waals surface area contributed by atoms with Gasteiger partial charge in [0.2, 0.25) is 5.91 Å². The summed E-state index contributed by atoms with van der Waals surface area (Å²) in [6.07, 6.45) is 4.79. The molecule has 0 radical (unpaired) electrons. The number of para-hydroxylation sites is 2. The molecule has 4 nitrogen and oxygen atoms in total. The number of carbonyl (C=O) groups is 1. The average Bonchev–Trinajstić information content (AvgIpc) is 2.42. The van der Waals surface area contributed by atoms with Gasteiger partial charge in [-0.1, -0.05) is 25.5 Å². The maximum Gasteiger partial charge on any atom is 0.238 e. The highest BCUT2D eigenvalue weighted by molar-refractivity contribution is 5.95. The molecule has 0 bridgehead atoms. The van der Waals surface area contributed by atoms with Gasteiger partial charge in [-0.3, -0.25) is 9.69 Å². The molecule has 0 aromatic heterocycles. The first kappa shape index (κ1) is 13.9. The summed E-state index contributed by atoms with van der Waals surface area (Å²) in [5, 5.41) is 2.90. The van der Waals surface area contributed by atoms with Crippen molar-refractivity contribution in [3.63, 3.8) is 0 Å². The van der Waals surface area contributed by atoms with Gasteiger partial charge >= 0.3 is 0 Å². The van der Waals surface area contributed by atoms with Crippen molar-refractivity contribution in [2.24, 2.45) is 0 Å². The van der Waals surface area contributed by atoms with Gasteiger partial charge in [0.05, 0.1) is 17.9 Å². The summed E-state index contributed by atoms with van der Waals surface area (Å²) in [5.41, 5.74) is 7.15. The van der Waals surface area contributed by atoms with Crippen molar-refractivity contribution in [3.8, 4) is 0 Å². The highest BCUT2D eigenvalue weighted by Crippen LogP contribution is 2.20. The number of hydrogen-bond donors (Lipinski definition) is 2. The van der Waals surface area contributed by atoms with Crippen LogP contribution >= 0.6 is 0 Å². The molecule has 1 heterocycles. The number of anilines is 2.